The molecule has 0 atom stereocenters. The van der Waals surface area contributed by atoms with Crippen LogP contribution in [-0.4, -0.2) is 5.78 Å². The first kappa shape index (κ1) is 9.67. The quantitative estimate of drug-likeness (QED) is 0.588. The van der Waals surface area contributed by atoms with E-state index in [9.17, 15) is 4.79 Å². The molecule has 0 unspecified atom stereocenters. The summed E-state index contributed by atoms with van der Waals surface area (Å²) >= 11 is 0. The summed E-state index contributed by atoms with van der Waals surface area (Å²) in [5, 5.41) is 0. The molecule has 0 saturated carbocycles. The second-order valence-electron chi connectivity index (χ2n) is 3.41. The maximum atomic E-state index is 10.9. The van der Waals surface area contributed by atoms with Crippen LogP contribution in [0, 0.1) is 12.3 Å². The molecule has 0 N–H and O–H groups in total. The van der Waals surface area contributed by atoms with Crippen molar-refractivity contribution in [2.45, 2.75) is 40.0 Å². The van der Waals surface area contributed by atoms with Crippen LogP contribution in [0.15, 0.2) is 0 Å². The first-order valence-electron chi connectivity index (χ1n) is 3.87. The van der Waals surface area contributed by atoms with Gasteiger partial charge in [-0.05, 0) is 6.42 Å². The molecule has 0 aromatic carbocycles. The van der Waals surface area contributed by atoms with Crippen LogP contribution in [0.4, 0.5) is 0 Å². The second-order valence-corrected chi connectivity index (χ2v) is 3.41. The number of hydrogen-bond acceptors (Lipinski definition) is 1. The molecule has 1 radical (unpaired) electrons. The Morgan fingerprint density at radius 3 is 2.30 bits per heavy atom. The zero-order valence-corrected chi connectivity index (χ0v) is 7.24. The minimum Gasteiger partial charge on any atom is -0.299 e. The summed E-state index contributed by atoms with van der Waals surface area (Å²) in [6, 6.07) is 0. The number of carbonyl (C=O) groups excluding carboxylic acids is 1. The molecule has 1 heteroatoms. The number of ketones is 1. The zero-order valence-electron chi connectivity index (χ0n) is 7.24. The topological polar surface area (TPSA) is 17.1 Å². The Balaban J connectivity index is 3.75. The molecule has 0 fully saturated rings. The van der Waals surface area contributed by atoms with Crippen LogP contribution < -0.4 is 0 Å². The van der Waals surface area contributed by atoms with E-state index < -0.39 is 0 Å². The molecular formula is C9H17O. The number of Topliss-reactive ketones (excluding diaryl/α,β-unsaturated/α-hetero) is 1. The maximum absolute atomic E-state index is 10.9. The van der Waals surface area contributed by atoms with Gasteiger partial charge in [0.05, 0.1) is 0 Å². The lowest BCUT2D eigenvalue weighted by atomic mass is 9.84. The van der Waals surface area contributed by atoms with E-state index in [1.54, 1.807) is 0 Å². The van der Waals surface area contributed by atoms with E-state index in [1.807, 2.05) is 13.8 Å². The normalized spacial score (nSPS) is 11.6. The predicted octanol–water partition coefficient (Wildman–Crippen LogP) is 2.61. The molecule has 1 nitrogen and oxygen atoms in total. The fraction of sp³-hybridized carbons (Fsp3) is 0.778. The van der Waals surface area contributed by atoms with Crippen LogP contribution in [0.25, 0.3) is 0 Å². The number of hydrogen-bond donors (Lipinski definition) is 0. The fourth-order valence-electron chi connectivity index (χ4n) is 0.758. The summed E-state index contributed by atoms with van der Waals surface area (Å²) in [6.07, 6.45) is 3.23. The monoisotopic (exact) mass is 141 g/mol. The Morgan fingerprint density at radius 1 is 1.50 bits per heavy atom. The summed E-state index contributed by atoms with van der Waals surface area (Å²) in [6.45, 7) is 9.47. The van der Waals surface area contributed by atoms with Gasteiger partial charge in [0.15, 0.2) is 0 Å². The highest BCUT2D eigenvalue weighted by Gasteiger charge is 2.22. The average Bonchev–Trinajstić information content (AvgIpc) is 1.84. The van der Waals surface area contributed by atoms with Crippen LogP contribution >= 0.6 is 0 Å². The number of unbranched alkanes of at least 4 members (excludes halogenated alkanes) is 1. The van der Waals surface area contributed by atoms with Gasteiger partial charge in [-0.3, -0.25) is 4.79 Å². The van der Waals surface area contributed by atoms with E-state index in [-0.39, 0.29) is 11.2 Å². The summed E-state index contributed by atoms with van der Waals surface area (Å²) in [4.78, 5) is 10.9. The molecule has 59 valence electrons. The molecule has 0 saturated heterocycles. The molecule has 0 aliphatic carbocycles. The first-order chi connectivity index (χ1) is 4.50. The van der Waals surface area contributed by atoms with Crippen molar-refractivity contribution in [1.82, 2.24) is 0 Å². The van der Waals surface area contributed by atoms with Gasteiger partial charge in [-0.2, -0.15) is 0 Å². The van der Waals surface area contributed by atoms with Crippen molar-refractivity contribution in [3.63, 3.8) is 0 Å². The second kappa shape index (κ2) is 3.75. The van der Waals surface area contributed by atoms with Gasteiger partial charge in [-0.1, -0.05) is 33.6 Å². The summed E-state index contributed by atoms with van der Waals surface area (Å²) in [5.74, 6) is 0.0564. The summed E-state index contributed by atoms with van der Waals surface area (Å²) < 4.78 is 0. The fourth-order valence-corrected chi connectivity index (χ4v) is 0.758. The Labute approximate surface area is 63.8 Å². The molecule has 0 rings (SSSR count). The third-order valence-corrected chi connectivity index (χ3v) is 1.91. The summed E-state index contributed by atoms with van der Waals surface area (Å²) in [5.41, 5.74) is -0.198. The van der Waals surface area contributed by atoms with Crippen molar-refractivity contribution in [1.29, 1.82) is 0 Å². The van der Waals surface area contributed by atoms with Gasteiger partial charge in [0.25, 0.3) is 0 Å². The van der Waals surface area contributed by atoms with Crippen molar-refractivity contribution in [3.05, 3.63) is 6.92 Å². The Kier molecular flexibility index (Phi) is 3.62. The van der Waals surface area contributed by atoms with Gasteiger partial charge in [0, 0.05) is 12.3 Å². The van der Waals surface area contributed by atoms with Gasteiger partial charge in [0.1, 0.15) is 5.78 Å². The smallest absolute Gasteiger partial charge is 0.138 e. The Morgan fingerprint density at radius 2 is 2.00 bits per heavy atom. The van der Waals surface area contributed by atoms with Crippen molar-refractivity contribution in [2.24, 2.45) is 5.41 Å². The van der Waals surface area contributed by atoms with Crippen LogP contribution in [0.1, 0.15) is 40.0 Å². The van der Waals surface area contributed by atoms with Crippen LogP contribution in [0.2, 0.25) is 0 Å². The van der Waals surface area contributed by atoms with Crippen molar-refractivity contribution in [3.8, 4) is 0 Å². The van der Waals surface area contributed by atoms with E-state index in [4.69, 9.17) is 0 Å². The van der Waals surface area contributed by atoms with E-state index in [1.165, 1.54) is 0 Å². The van der Waals surface area contributed by atoms with Crippen LogP contribution in [0.5, 0.6) is 0 Å². The number of rotatable bonds is 4. The van der Waals surface area contributed by atoms with Crippen LogP contribution in [0.3, 0.4) is 0 Å². The minimum absolute atomic E-state index is 0.0564. The van der Waals surface area contributed by atoms with Crippen LogP contribution in [-0.2, 0) is 4.79 Å². The molecule has 0 aliphatic rings. The highest BCUT2D eigenvalue weighted by molar-refractivity contribution is 5.87. The van der Waals surface area contributed by atoms with Gasteiger partial charge in [-0.25, -0.2) is 0 Å². The largest absolute Gasteiger partial charge is 0.299 e. The maximum Gasteiger partial charge on any atom is 0.138 e. The zero-order chi connectivity index (χ0) is 8.20. The molecule has 0 bridgehead atoms. The third-order valence-electron chi connectivity index (χ3n) is 1.91. The lowest BCUT2D eigenvalue weighted by molar-refractivity contribution is -0.122. The standard InChI is InChI=1S/C9H17O/c1-5-6-7-9(3,4)8(2)10/h2,5-7H2,1,3-4H3. The van der Waals surface area contributed by atoms with Crippen molar-refractivity contribution >= 4 is 5.78 Å². The van der Waals surface area contributed by atoms with E-state index in [0.717, 1.165) is 19.3 Å². The lowest BCUT2D eigenvalue weighted by Gasteiger charge is -2.19. The molecular weight excluding hydrogens is 124 g/mol. The van der Waals surface area contributed by atoms with E-state index in [0.29, 0.717) is 0 Å². The van der Waals surface area contributed by atoms with E-state index >= 15 is 0 Å². The Bertz CT molecular complexity index is 114. The first-order valence-corrected chi connectivity index (χ1v) is 3.87. The molecule has 0 aromatic heterocycles. The molecule has 0 spiro atoms. The van der Waals surface area contributed by atoms with Crippen molar-refractivity contribution < 1.29 is 4.79 Å². The van der Waals surface area contributed by atoms with Gasteiger partial charge in [0.2, 0.25) is 0 Å². The van der Waals surface area contributed by atoms with E-state index in [2.05, 4.69) is 13.8 Å². The third kappa shape index (κ3) is 3.00. The van der Waals surface area contributed by atoms with Gasteiger partial charge < -0.3 is 0 Å². The minimum atomic E-state index is -0.198. The SMILES string of the molecule is [CH2]C(=O)C(C)(C)CCCC. The molecule has 0 aromatic rings. The van der Waals surface area contributed by atoms with Gasteiger partial charge in [-0.15, -0.1) is 0 Å². The molecule has 0 aliphatic heterocycles. The average molecular weight is 141 g/mol. The highest BCUT2D eigenvalue weighted by atomic mass is 16.1. The molecule has 0 amide bonds. The predicted molar refractivity (Wildman–Crippen MR) is 43.7 cm³/mol. The number of carbonyl (C=O) groups is 1. The molecule has 0 heterocycles. The Hall–Kier alpha value is -0.330. The lowest BCUT2D eigenvalue weighted by Crippen LogP contribution is -2.21. The highest BCUT2D eigenvalue weighted by Crippen LogP contribution is 2.23. The van der Waals surface area contributed by atoms with Gasteiger partial charge >= 0.3 is 0 Å². The summed E-state index contributed by atoms with van der Waals surface area (Å²) in [7, 11) is 0. The van der Waals surface area contributed by atoms with Crippen molar-refractivity contribution in [2.75, 3.05) is 0 Å². The molecule has 10 heavy (non-hydrogen) atoms.